The molecule has 0 radical (unpaired) electrons. The highest BCUT2D eigenvalue weighted by Gasteiger charge is 2.09. The maximum atomic E-state index is 11.8. The fourth-order valence-electron chi connectivity index (χ4n) is 1.02. The summed E-state index contributed by atoms with van der Waals surface area (Å²) in [6, 6.07) is 6.01. The van der Waals surface area contributed by atoms with Gasteiger partial charge in [-0.15, -0.1) is 0 Å². The first-order valence-electron chi connectivity index (χ1n) is 5.29. The van der Waals surface area contributed by atoms with Crippen molar-refractivity contribution in [2.45, 2.75) is 11.7 Å². The van der Waals surface area contributed by atoms with Crippen molar-refractivity contribution in [3.63, 3.8) is 0 Å². The number of halogens is 2. The van der Waals surface area contributed by atoms with E-state index < -0.39 is 33.0 Å². The van der Waals surface area contributed by atoms with Crippen LogP contribution in [0.1, 0.15) is 0 Å². The topological polar surface area (TPSA) is 112 Å². The molecule has 0 atom stereocenters. The zero-order valence-electron chi connectivity index (χ0n) is 10.9. The van der Waals surface area contributed by atoms with Gasteiger partial charge in [-0.3, -0.25) is 0 Å². The summed E-state index contributed by atoms with van der Waals surface area (Å²) >= 11 is -0.750. The molecule has 0 spiro atoms. The van der Waals surface area contributed by atoms with Crippen LogP contribution in [-0.2, 0) is 28.3 Å². The van der Waals surface area contributed by atoms with Crippen LogP contribution in [0, 0.1) is 6.08 Å². The van der Waals surface area contributed by atoms with E-state index in [2.05, 4.69) is 26.3 Å². The largest absolute Gasteiger partial charge is 0.337 e. The van der Waals surface area contributed by atoms with Gasteiger partial charge in [-0.25, -0.2) is 4.57 Å². The Kier molecular flexibility index (Phi) is 9.29. The Morgan fingerprint density at radius 2 is 1.82 bits per heavy atom. The average molecular weight is 352 g/mol. The van der Waals surface area contributed by atoms with Crippen LogP contribution in [0.25, 0.3) is 0 Å². The van der Waals surface area contributed by atoms with Crippen LogP contribution in [-0.4, -0.2) is 27.0 Å². The van der Waals surface area contributed by atoms with E-state index in [4.69, 9.17) is 8.42 Å². The van der Waals surface area contributed by atoms with Gasteiger partial charge in [-0.1, -0.05) is 16.5 Å². The van der Waals surface area contributed by atoms with E-state index in [1.807, 2.05) is 36.7 Å². The summed E-state index contributed by atoms with van der Waals surface area (Å²) in [4.78, 5) is 2.53. The Morgan fingerprint density at radius 3 is 2.14 bits per heavy atom. The molecule has 22 heavy (non-hydrogen) atoms. The third-order valence-electron chi connectivity index (χ3n) is 1.74. The summed E-state index contributed by atoms with van der Waals surface area (Å²) in [6.45, 7) is 4.52. The lowest BCUT2D eigenvalue weighted by molar-refractivity contribution is -0.687. The van der Waals surface area contributed by atoms with E-state index in [1.54, 1.807) is 0 Å². The number of rotatable bonds is 3. The molecule has 0 aliphatic heterocycles. The molecular weight excluding hydrogens is 342 g/mol. The second kappa shape index (κ2) is 10.4. The van der Waals surface area contributed by atoms with Gasteiger partial charge in [0.2, 0.25) is 0 Å². The summed E-state index contributed by atoms with van der Waals surface area (Å²) in [6.07, 6.45) is 4.54. The van der Waals surface area contributed by atoms with E-state index in [1.165, 1.54) is 0 Å². The van der Waals surface area contributed by atoms with Gasteiger partial charge in [0.25, 0.3) is 0 Å². The standard InChI is InChI=1S/C8H10N.C2F2N3O2S.O2S/c1-2-6-9-7-4-3-5-8-9;3-1-5-2(7-6-1)10(4,8)9;1-3-2/h2-5,7-8H,1,6H2;;/q+1;-1;. The molecule has 2 aromatic heterocycles. The molecule has 0 aliphatic rings. The third kappa shape index (κ3) is 8.76. The molecule has 120 valence electrons. The van der Waals surface area contributed by atoms with Crippen molar-refractivity contribution < 1.29 is 29.7 Å². The number of aromatic nitrogens is 4. The quantitative estimate of drug-likeness (QED) is 0.424. The van der Waals surface area contributed by atoms with Crippen molar-refractivity contribution in [2.24, 2.45) is 0 Å². The first-order chi connectivity index (χ1) is 10.3. The first kappa shape index (κ1) is 19.7. The Morgan fingerprint density at radius 1 is 1.27 bits per heavy atom. The van der Waals surface area contributed by atoms with Gasteiger partial charge < -0.3 is 15.2 Å². The van der Waals surface area contributed by atoms with Gasteiger partial charge in [0.05, 0.1) is 0 Å². The molecule has 0 bridgehead atoms. The molecular formula is C10H10F2N4O4S2. The summed E-state index contributed by atoms with van der Waals surface area (Å²) < 4.78 is 61.9. The lowest BCUT2D eigenvalue weighted by Gasteiger charge is -1.87. The predicted octanol–water partition coefficient (Wildman–Crippen LogP) is -0.279. The van der Waals surface area contributed by atoms with Crippen LogP contribution >= 0.6 is 0 Å². The maximum Gasteiger partial charge on any atom is 0.337 e. The summed E-state index contributed by atoms with van der Waals surface area (Å²) in [5, 5.41) is 3.88. The number of pyridine rings is 1. The lowest BCUT2D eigenvalue weighted by Crippen LogP contribution is -2.30. The van der Waals surface area contributed by atoms with E-state index in [0.717, 1.165) is 6.54 Å². The van der Waals surface area contributed by atoms with Gasteiger partial charge >= 0.3 is 21.8 Å². The number of hydrogen-bond acceptors (Lipinski definition) is 6. The Labute approximate surface area is 128 Å². The van der Waals surface area contributed by atoms with Crippen molar-refractivity contribution in [1.82, 2.24) is 15.2 Å². The third-order valence-corrected chi connectivity index (χ3v) is 2.35. The normalized spacial score (nSPS) is 9.55. The number of allylic oxidation sites excluding steroid dienone is 1. The van der Waals surface area contributed by atoms with Crippen LogP contribution in [0.3, 0.4) is 0 Å². The second-order valence-electron chi connectivity index (χ2n) is 3.23. The zero-order valence-corrected chi connectivity index (χ0v) is 12.5. The zero-order chi connectivity index (χ0) is 17.0. The van der Waals surface area contributed by atoms with Crippen LogP contribution in [0.4, 0.5) is 8.28 Å². The van der Waals surface area contributed by atoms with Crippen LogP contribution < -0.4 is 9.55 Å². The lowest BCUT2D eigenvalue weighted by atomic mass is 10.5. The number of nitrogens with zero attached hydrogens (tertiary/aromatic N) is 4. The highest BCUT2D eigenvalue weighted by Crippen LogP contribution is 2.02. The minimum Gasteiger partial charge on any atom is -0.334 e. The second-order valence-corrected chi connectivity index (χ2v) is 4.61. The Bertz CT molecular complexity index is 716. The molecule has 2 heterocycles. The van der Waals surface area contributed by atoms with Gasteiger partial charge in [-0.05, 0) is 6.08 Å². The van der Waals surface area contributed by atoms with Crippen molar-refractivity contribution in [3.05, 3.63) is 49.3 Å². The van der Waals surface area contributed by atoms with Gasteiger partial charge in [0.1, 0.15) is 5.16 Å². The Hall–Kier alpha value is -2.34. The molecule has 0 unspecified atom stereocenters. The highest BCUT2D eigenvalue weighted by molar-refractivity contribution is 7.86. The van der Waals surface area contributed by atoms with Crippen molar-refractivity contribution in [2.75, 3.05) is 0 Å². The Balaban J connectivity index is 0.000000342. The fraction of sp³-hybridized carbons (Fsp3) is 0.100. The maximum absolute atomic E-state index is 11.8. The summed E-state index contributed by atoms with van der Waals surface area (Å²) in [7, 11) is -5.01. The van der Waals surface area contributed by atoms with E-state index in [-0.39, 0.29) is 0 Å². The molecule has 0 fully saturated rings. The van der Waals surface area contributed by atoms with Gasteiger partial charge in [0.15, 0.2) is 25.0 Å². The fourth-order valence-corrected chi connectivity index (χ4v) is 1.34. The van der Waals surface area contributed by atoms with Crippen molar-refractivity contribution in [3.8, 4) is 0 Å². The molecule has 0 N–H and O–H groups in total. The van der Waals surface area contributed by atoms with Gasteiger partial charge in [0, 0.05) is 12.1 Å². The SMILES string of the molecule is C=CC[n+]1ccccc1.O=S(=O)(F)c1nnc(F)[n-]1.O=S=O. The minimum atomic E-state index is -5.01. The molecule has 0 saturated heterocycles. The average Bonchev–Trinajstić information content (AvgIpc) is 2.89. The molecule has 12 heteroatoms. The molecule has 8 nitrogen and oxygen atoms in total. The van der Waals surface area contributed by atoms with E-state index >= 15 is 0 Å². The monoisotopic (exact) mass is 352 g/mol. The van der Waals surface area contributed by atoms with Crippen molar-refractivity contribution >= 4 is 21.8 Å². The van der Waals surface area contributed by atoms with Crippen molar-refractivity contribution in [1.29, 1.82) is 0 Å². The number of hydrogen-bond donors (Lipinski definition) is 0. The molecule has 0 saturated carbocycles. The highest BCUT2D eigenvalue weighted by atomic mass is 32.3. The van der Waals surface area contributed by atoms with Gasteiger partial charge in [-0.2, -0.15) is 21.2 Å². The van der Waals surface area contributed by atoms with Crippen LogP contribution in [0.5, 0.6) is 0 Å². The van der Waals surface area contributed by atoms with Crippen LogP contribution in [0.15, 0.2) is 48.4 Å². The molecule has 2 aromatic rings. The smallest absolute Gasteiger partial charge is 0.334 e. The molecule has 0 aromatic carbocycles. The van der Waals surface area contributed by atoms with E-state index in [0.29, 0.717) is 0 Å². The minimum absolute atomic E-state index is 0.750. The van der Waals surface area contributed by atoms with E-state index in [9.17, 15) is 16.7 Å². The summed E-state index contributed by atoms with van der Waals surface area (Å²) in [5.74, 6) is 0. The predicted molar refractivity (Wildman–Crippen MR) is 69.4 cm³/mol. The molecule has 0 aliphatic carbocycles. The summed E-state index contributed by atoms with van der Waals surface area (Å²) in [5.41, 5.74) is 0. The first-order valence-corrected chi connectivity index (χ1v) is 7.34. The molecule has 0 amide bonds. The van der Waals surface area contributed by atoms with Crippen LogP contribution in [0.2, 0.25) is 0 Å². The molecule has 2 rings (SSSR count).